The molecule has 0 radical (unpaired) electrons. The fraction of sp³-hybridized carbons (Fsp3) is 0.0435. The first-order valence-electron chi connectivity index (χ1n) is 8.79. The summed E-state index contributed by atoms with van der Waals surface area (Å²) < 4.78 is 7.63. The maximum atomic E-state index is 5.45. The zero-order valence-corrected chi connectivity index (χ0v) is 14.8. The van der Waals surface area contributed by atoms with Gasteiger partial charge in [-0.3, -0.25) is 9.55 Å². The molecule has 0 aliphatic heterocycles. The topological polar surface area (TPSA) is 39.9 Å². The van der Waals surface area contributed by atoms with Crippen molar-refractivity contribution in [2.75, 3.05) is 7.11 Å². The molecule has 0 saturated heterocycles. The maximum Gasteiger partial charge on any atom is 0.137 e. The van der Waals surface area contributed by atoms with Gasteiger partial charge in [0.05, 0.1) is 18.1 Å². The average molecular weight is 351 g/mol. The van der Waals surface area contributed by atoms with E-state index >= 15 is 0 Å². The summed E-state index contributed by atoms with van der Waals surface area (Å²) >= 11 is 0. The number of aromatic nitrogens is 3. The van der Waals surface area contributed by atoms with Gasteiger partial charge in [-0.2, -0.15) is 0 Å². The Kier molecular flexibility index (Phi) is 3.61. The van der Waals surface area contributed by atoms with E-state index in [-0.39, 0.29) is 0 Å². The van der Waals surface area contributed by atoms with E-state index in [9.17, 15) is 0 Å². The van der Waals surface area contributed by atoms with Crippen molar-refractivity contribution in [2.45, 2.75) is 0 Å². The number of fused-ring (bicyclic) bond motifs is 3. The van der Waals surface area contributed by atoms with Gasteiger partial charge in [0.25, 0.3) is 0 Å². The summed E-state index contributed by atoms with van der Waals surface area (Å²) in [6.07, 6.45) is 5.50. The SMILES string of the molecule is COc1ccc2c3ccccc3n(-c3ccc(-c4ccncc4)cn3)c2c1. The number of methoxy groups -OCH3 is 1. The molecule has 0 saturated carbocycles. The minimum absolute atomic E-state index is 0.833. The molecule has 4 heteroatoms. The molecule has 0 unspecified atom stereocenters. The largest absolute Gasteiger partial charge is 0.497 e. The Hall–Kier alpha value is -3.66. The van der Waals surface area contributed by atoms with E-state index in [1.165, 1.54) is 10.8 Å². The summed E-state index contributed by atoms with van der Waals surface area (Å²) in [6, 6.07) is 22.7. The summed E-state index contributed by atoms with van der Waals surface area (Å²) in [5.74, 6) is 1.72. The number of para-hydroxylation sites is 1. The lowest BCUT2D eigenvalue weighted by Gasteiger charge is -2.09. The third kappa shape index (κ3) is 2.54. The minimum atomic E-state index is 0.833. The van der Waals surface area contributed by atoms with Crippen LogP contribution in [0.1, 0.15) is 0 Å². The van der Waals surface area contributed by atoms with Gasteiger partial charge in [-0.25, -0.2) is 4.98 Å². The van der Waals surface area contributed by atoms with E-state index in [2.05, 4.69) is 58.1 Å². The van der Waals surface area contributed by atoms with Crippen molar-refractivity contribution < 1.29 is 4.74 Å². The monoisotopic (exact) mass is 351 g/mol. The van der Waals surface area contributed by atoms with Crippen LogP contribution in [0.4, 0.5) is 0 Å². The van der Waals surface area contributed by atoms with Crippen LogP contribution < -0.4 is 4.74 Å². The highest BCUT2D eigenvalue weighted by Gasteiger charge is 2.13. The van der Waals surface area contributed by atoms with Gasteiger partial charge in [-0.1, -0.05) is 18.2 Å². The zero-order valence-electron chi connectivity index (χ0n) is 14.8. The summed E-state index contributed by atoms with van der Waals surface area (Å²) in [5.41, 5.74) is 4.39. The van der Waals surface area contributed by atoms with Gasteiger partial charge in [0, 0.05) is 41.0 Å². The Balaban J connectivity index is 1.73. The van der Waals surface area contributed by atoms with Crippen LogP contribution in [0.25, 0.3) is 38.8 Å². The van der Waals surface area contributed by atoms with Crippen molar-refractivity contribution in [1.82, 2.24) is 14.5 Å². The minimum Gasteiger partial charge on any atom is -0.497 e. The molecule has 0 amide bonds. The summed E-state index contributed by atoms with van der Waals surface area (Å²) in [5, 5.41) is 2.39. The third-order valence-corrected chi connectivity index (χ3v) is 4.87. The van der Waals surface area contributed by atoms with Gasteiger partial charge >= 0.3 is 0 Å². The first-order valence-corrected chi connectivity index (χ1v) is 8.79. The van der Waals surface area contributed by atoms with E-state index in [0.717, 1.165) is 33.7 Å². The highest BCUT2D eigenvalue weighted by molar-refractivity contribution is 6.09. The predicted molar refractivity (Wildman–Crippen MR) is 108 cm³/mol. The summed E-state index contributed by atoms with van der Waals surface area (Å²) in [7, 11) is 1.69. The Morgan fingerprint density at radius 3 is 2.37 bits per heavy atom. The second-order valence-corrected chi connectivity index (χ2v) is 6.38. The second kappa shape index (κ2) is 6.25. The van der Waals surface area contributed by atoms with E-state index in [0.29, 0.717) is 0 Å². The standard InChI is InChI=1S/C23H17N3O/c1-27-18-7-8-20-19-4-2-3-5-21(19)26(22(20)14-18)23-9-6-17(15-25-23)16-10-12-24-13-11-16/h2-15H,1H3. The van der Waals surface area contributed by atoms with Gasteiger partial charge in [-0.15, -0.1) is 0 Å². The van der Waals surface area contributed by atoms with E-state index < -0.39 is 0 Å². The molecule has 0 aliphatic rings. The molecule has 0 spiro atoms. The molecule has 130 valence electrons. The lowest BCUT2D eigenvalue weighted by Crippen LogP contribution is -1.97. The van der Waals surface area contributed by atoms with Crippen LogP contribution in [0.2, 0.25) is 0 Å². The van der Waals surface area contributed by atoms with Gasteiger partial charge in [0.2, 0.25) is 0 Å². The molecule has 0 aliphatic carbocycles. The lowest BCUT2D eigenvalue weighted by atomic mass is 10.1. The van der Waals surface area contributed by atoms with E-state index in [1.807, 2.05) is 24.4 Å². The third-order valence-electron chi connectivity index (χ3n) is 4.87. The number of hydrogen-bond donors (Lipinski definition) is 0. The van der Waals surface area contributed by atoms with Crippen LogP contribution in [0, 0.1) is 0 Å². The quantitative estimate of drug-likeness (QED) is 0.446. The number of ether oxygens (including phenoxy) is 1. The normalized spacial score (nSPS) is 11.1. The van der Waals surface area contributed by atoms with Crippen molar-refractivity contribution in [3.63, 3.8) is 0 Å². The van der Waals surface area contributed by atoms with Crippen LogP contribution in [-0.4, -0.2) is 21.6 Å². The predicted octanol–water partition coefficient (Wildman–Crippen LogP) is 5.25. The molecule has 5 aromatic rings. The van der Waals surface area contributed by atoms with Crippen molar-refractivity contribution in [3.8, 4) is 22.7 Å². The Morgan fingerprint density at radius 1 is 0.778 bits per heavy atom. The van der Waals surface area contributed by atoms with Crippen LogP contribution in [0.5, 0.6) is 5.75 Å². The van der Waals surface area contributed by atoms with Gasteiger partial charge in [0.15, 0.2) is 0 Å². The summed E-state index contributed by atoms with van der Waals surface area (Å²) in [6.45, 7) is 0. The van der Waals surface area contributed by atoms with Crippen LogP contribution in [0.15, 0.2) is 85.3 Å². The Labute approximate surface area is 156 Å². The number of pyridine rings is 2. The Morgan fingerprint density at radius 2 is 1.59 bits per heavy atom. The first-order chi connectivity index (χ1) is 13.3. The van der Waals surface area contributed by atoms with Crippen LogP contribution >= 0.6 is 0 Å². The number of hydrogen-bond acceptors (Lipinski definition) is 3. The van der Waals surface area contributed by atoms with Crippen LogP contribution in [0.3, 0.4) is 0 Å². The van der Waals surface area contributed by atoms with Crippen molar-refractivity contribution in [3.05, 3.63) is 85.3 Å². The highest BCUT2D eigenvalue weighted by atomic mass is 16.5. The number of nitrogens with zero attached hydrogens (tertiary/aromatic N) is 3. The molecule has 0 atom stereocenters. The smallest absolute Gasteiger partial charge is 0.137 e. The van der Waals surface area contributed by atoms with Gasteiger partial charge < -0.3 is 4.74 Å². The molecular weight excluding hydrogens is 334 g/mol. The zero-order chi connectivity index (χ0) is 18.2. The average Bonchev–Trinajstić information content (AvgIpc) is 3.08. The van der Waals surface area contributed by atoms with Crippen molar-refractivity contribution in [1.29, 1.82) is 0 Å². The fourth-order valence-corrected chi connectivity index (χ4v) is 3.56. The first kappa shape index (κ1) is 15.6. The van der Waals surface area contributed by atoms with Crippen LogP contribution in [-0.2, 0) is 0 Å². The molecule has 5 rings (SSSR count). The molecule has 27 heavy (non-hydrogen) atoms. The van der Waals surface area contributed by atoms with E-state index in [4.69, 9.17) is 9.72 Å². The second-order valence-electron chi connectivity index (χ2n) is 6.38. The maximum absolute atomic E-state index is 5.45. The molecule has 3 heterocycles. The van der Waals surface area contributed by atoms with Gasteiger partial charge in [-0.05, 0) is 48.0 Å². The molecule has 0 bridgehead atoms. The number of rotatable bonds is 3. The number of benzene rings is 2. The molecule has 0 N–H and O–H groups in total. The molecule has 2 aromatic carbocycles. The van der Waals surface area contributed by atoms with Gasteiger partial charge in [0.1, 0.15) is 11.6 Å². The molecular formula is C23H17N3O. The summed E-state index contributed by atoms with van der Waals surface area (Å²) in [4.78, 5) is 8.83. The highest BCUT2D eigenvalue weighted by Crippen LogP contribution is 2.33. The molecule has 3 aromatic heterocycles. The Bertz CT molecular complexity index is 1240. The molecule has 0 fully saturated rings. The molecule has 4 nitrogen and oxygen atoms in total. The lowest BCUT2D eigenvalue weighted by molar-refractivity contribution is 0.415. The van der Waals surface area contributed by atoms with Crippen molar-refractivity contribution in [2.24, 2.45) is 0 Å². The fourth-order valence-electron chi connectivity index (χ4n) is 3.56. The van der Waals surface area contributed by atoms with E-state index in [1.54, 1.807) is 19.5 Å². The van der Waals surface area contributed by atoms with Crippen molar-refractivity contribution >= 4 is 21.8 Å².